The molecule has 2 amide bonds. The van der Waals surface area contributed by atoms with E-state index in [4.69, 9.17) is 4.42 Å². The molecule has 0 bridgehead atoms. The molecule has 0 aliphatic heterocycles. The Kier molecular flexibility index (Phi) is 6.46. The van der Waals surface area contributed by atoms with Gasteiger partial charge in [-0.1, -0.05) is 54.6 Å². The molecule has 7 heteroatoms. The summed E-state index contributed by atoms with van der Waals surface area (Å²) in [5.74, 6) is -0.928. The first kappa shape index (κ1) is 21.1. The van der Waals surface area contributed by atoms with Crippen LogP contribution in [-0.4, -0.2) is 16.4 Å². The maximum atomic E-state index is 12.6. The first-order valence-corrected chi connectivity index (χ1v) is 10.4. The molecule has 3 aromatic carbocycles. The van der Waals surface area contributed by atoms with Crippen LogP contribution in [0, 0.1) is 0 Å². The fourth-order valence-electron chi connectivity index (χ4n) is 3.50. The van der Waals surface area contributed by atoms with Crippen LogP contribution >= 0.6 is 0 Å². The fourth-order valence-corrected chi connectivity index (χ4v) is 3.50. The molecule has 0 spiro atoms. The Morgan fingerprint density at radius 2 is 1.59 bits per heavy atom. The highest BCUT2D eigenvalue weighted by molar-refractivity contribution is 6.03. The van der Waals surface area contributed by atoms with Gasteiger partial charge in [-0.15, -0.1) is 0 Å². The molecule has 0 fully saturated rings. The second kappa shape index (κ2) is 9.78. The number of carbonyl (C=O) groups excluding carboxylic acids is 2. The number of benzene rings is 3. The lowest BCUT2D eigenvalue weighted by atomic mass is 10.1. The highest BCUT2D eigenvalue weighted by atomic mass is 16.4. The Labute approximate surface area is 184 Å². The van der Waals surface area contributed by atoms with Crippen LogP contribution in [0.4, 0.5) is 5.69 Å². The molecule has 1 heterocycles. The lowest BCUT2D eigenvalue weighted by Crippen LogP contribution is -2.25. The largest absolute Gasteiger partial charge is 0.419 e. The molecule has 32 heavy (non-hydrogen) atoms. The van der Waals surface area contributed by atoms with Crippen LogP contribution in [0.5, 0.6) is 0 Å². The number of hydrogen-bond donors (Lipinski definition) is 2. The lowest BCUT2D eigenvalue weighted by Gasteiger charge is -2.12. The molecular formula is C25H23N3O4. The van der Waals surface area contributed by atoms with Gasteiger partial charge in [0.25, 0.3) is 5.91 Å². The van der Waals surface area contributed by atoms with E-state index in [0.29, 0.717) is 41.9 Å². The second-order valence-electron chi connectivity index (χ2n) is 7.35. The van der Waals surface area contributed by atoms with Crippen LogP contribution in [0.25, 0.3) is 11.1 Å². The van der Waals surface area contributed by atoms with E-state index in [0.717, 1.165) is 5.56 Å². The molecule has 0 saturated carbocycles. The number of hydrogen-bond acceptors (Lipinski definition) is 4. The zero-order valence-electron chi connectivity index (χ0n) is 17.4. The predicted molar refractivity (Wildman–Crippen MR) is 122 cm³/mol. The van der Waals surface area contributed by atoms with Crippen molar-refractivity contribution in [2.24, 2.45) is 0 Å². The van der Waals surface area contributed by atoms with E-state index in [-0.39, 0.29) is 18.2 Å². The number of nitrogens with one attached hydrogen (secondary N) is 2. The van der Waals surface area contributed by atoms with Gasteiger partial charge < -0.3 is 15.1 Å². The summed E-state index contributed by atoms with van der Waals surface area (Å²) in [4.78, 5) is 37.2. The maximum Gasteiger partial charge on any atom is 0.419 e. The standard InChI is InChI=1S/C25H23N3O4/c29-23(15-8-16-28-21-13-6-7-14-22(21)32-25(28)31)27-20-12-5-4-11-19(20)24(30)26-17-18-9-2-1-3-10-18/h1-7,9-14H,8,15-17H2,(H,26,30)(H,27,29). The SMILES string of the molecule is O=C(CCCn1c(=O)oc2ccccc21)Nc1ccccc1C(=O)NCc1ccccc1. The van der Waals surface area contributed by atoms with Crippen molar-refractivity contribution < 1.29 is 14.0 Å². The second-order valence-corrected chi connectivity index (χ2v) is 7.35. The van der Waals surface area contributed by atoms with Crippen molar-refractivity contribution in [2.75, 3.05) is 5.32 Å². The van der Waals surface area contributed by atoms with Gasteiger partial charge in [0, 0.05) is 19.5 Å². The number of oxazole rings is 1. The normalized spacial score (nSPS) is 10.8. The van der Waals surface area contributed by atoms with Gasteiger partial charge in [-0.2, -0.15) is 0 Å². The number of fused-ring (bicyclic) bond motifs is 1. The molecule has 7 nitrogen and oxygen atoms in total. The highest BCUT2D eigenvalue weighted by Crippen LogP contribution is 2.17. The molecule has 1 aromatic heterocycles. The van der Waals surface area contributed by atoms with Crippen molar-refractivity contribution >= 4 is 28.6 Å². The molecule has 4 aromatic rings. The predicted octanol–water partition coefficient (Wildman–Crippen LogP) is 3.94. The van der Waals surface area contributed by atoms with Crippen LogP contribution in [0.1, 0.15) is 28.8 Å². The van der Waals surface area contributed by atoms with Crippen molar-refractivity contribution in [3.8, 4) is 0 Å². The Hall–Kier alpha value is -4.13. The van der Waals surface area contributed by atoms with E-state index >= 15 is 0 Å². The van der Waals surface area contributed by atoms with Gasteiger partial charge in [0.05, 0.1) is 16.8 Å². The summed E-state index contributed by atoms with van der Waals surface area (Å²) in [5, 5.41) is 5.69. The van der Waals surface area contributed by atoms with E-state index < -0.39 is 5.76 Å². The number of anilines is 1. The molecular weight excluding hydrogens is 406 g/mol. The van der Waals surface area contributed by atoms with Crippen LogP contribution < -0.4 is 16.4 Å². The number of aromatic nitrogens is 1. The van der Waals surface area contributed by atoms with Crippen LogP contribution in [0.2, 0.25) is 0 Å². The molecule has 0 atom stereocenters. The number of rotatable bonds is 8. The molecule has 0 aliphatic carbocycles. The average molecular weight is 429 g/mol. The topological polar surface area (TPSA) is 93.3 Å². The Morgan fingerprint density at radius 1 is 0.875 bits per heavy atom. The van der Waals surface area contributed by atoms with Gasteiger partial charge in [0.15, 0.2) is 5.58 Å². The summed E-state index contributed by atoms with van der Waals surface area (Å²) in [6.07, 6.45) is 0.656. The number of amides is 2. The number of nitrogens with zero attached hydrogens (tertiary/aromatic N) is 1. The molecule has 0 unspecified atom stereocenters. The third kappa shape index (κ3) is 4.95. The minimum atomic E-state index is -0.438. The summed E-state index contributed by atoms with van der Waals surface area (Å²) < 4.78 is 6.73. The fraction of sp³-hybridized carbons (Fsp3) is 0.160. The summed E-state index contributed by atoms with van der Waals surface area (Å²) in [6.45, 7) is 0.762. The third-order valence-corrected chi connectivity index (χ3v) is 5.10. The Morgan fingerprint density at radius 3 is 2.44 bits per heavy atom. The van der Waals surface area contributed by atoms with E-state index in [1.807, 2.05) is 42.5 Å². The van der Waals surface area contributed by atoms with Crippen molar-refractivity contribution in [3.05, 3.63) is 101 Å². The number of aryl methyl sites for hydroxylation is 1. The summed E-state index contributed by atoms with van der Waals surface area (Å²) in [5.41, 5.74) is 3.07. The first-order chi connectivity index (χ1) is 15.6. The van der Waals surface area contributed by atoms with Crippen LogP contribution in [-0.2, 0) is 17.9 Å². The van der Waals surface area contributed by atoms with Gasteiger partial charge >= 0.3 is 5.76 Å². The zero-order chi connectivity index (χ0) is 22.3. The van der Waals surface area contributed by atoms with E-state index in [1.165, 1.54) is 4.57 Å². The number of carbonyl (C=O) groups is 2. The maximum absolute atomic E-state index is 12.6. The van der Waals surface area contributed by atoms with E-state index in [1.54, 1.807) is 36.4 Å². The monoisotopic (exact) mass is 429 g/mol. The Bertz CT molecular complexity index is 1290. The van der Waals surface area contributed by atoms with Crippen molar-refractivity contribution in [2.45, 2.75) is 25.9 Å². The van der Waals surface area contributed by atoms with Gasteiger partial charge in [-0.3, -0.25) is 14.2 Å². The summed E-state index contributed by atoms with van der Waals surface area (Å²) >= 11 is 0. The van der Waals surface area contributed by atoms with E-state index in [2.05, 4.69) is 10.6 Å². The smallest absolute Gasteiger partial charge is 0.408 e. The van der Waals surface area contributed by atoms with Crippen molar-refractivity contribution in [1.82, 2.24) is 9.88 Å². The zero-order valence-corrected chi connectivity index (χ0v) is 17.4. The first-order valence-electron chi connectivity index (χ1n) is 10.4. The number of para-hydroxylation sites is 3. The van der Waals surface area contributed by atoms with Gasteiger partial charge in [0.2, 0.25) is 5.91 Å². The molecule has 0 aliphatic rings. The third-order valence-electron chi connectivity index (χ3n) is 5.10. The summed E-state index contributed by atoms with van der Waals surface area (Å²) in [6, 6.07) is 23.7. The highest BCUT2D eigenvalue weighted by Gasteiger charge is 2.14. The minimum Gasteiger partial charge on any atom is -0.408 e. The molecule has 0 saturated heterocycles. The van der Waals surface area contributed by atoms with Crippen LogP contribution in [0.3, 0.4) is 0 Å². The van der Waals surface area contributed by atoms with Gasteiger partial charge in [-0.25, -0.2) is 4.79 Å². The Balaban J connectivity index is 1.34. The van der Waals surface area contributed by atoms with Crippen molar-refractivity contribution in [1.29, 1.82) is 0 Å². The lowest BCUT2D eigenvalue weighted by molar-refractivity contribution is -0.116. The van der Waals surface area contributed by atoms with E-state index in [9.17, 15) is 14.4 Å². The molecule has 162 valence electrons. The molecule has 0 radical (unpaired) electrons. The minimum absolute atomic E-state index is 0.200. The molecule has 2 N–H and O–H groups in total. The van der Waals surface area contributed by atoms with Gasteiger partial charge in [-0.05, 0) is 36.2 Å². The van der Waals surface area contributed by atoms with Crippen molar-refractivity contribution in [3.63, 3.8) is 0 Å². The molecule has 4 rings (SSSR count). The van der Waals surface area contributed by atoms with Gasteiger partial charge in [0.1, 0.15) is 0 Å². The average Bonchev–Trinajstić information content (AvgIpc) is 3.13. The van der Waals surface area contributed by atoms with Crippen LogP contribution in [0.15, 0.2) is 88.1 Å². The summed E-state index contributed by atoms with van der Waals surface area (Å²) in [7, 11) is 0. The quantitative estimate of drug-likeness (QED) is 0.444.